The molecule has 0 unspecified atom stereocenters. The average molecular weight is 418 g/mol. The molecule has 0 fully saturated rings. The molecule has 2 aromatic carbocycles. The van der Waals surface area contributed by atoms with E-state index in [1.54, 1.807) is 0 Å². The minimum absolute atomic E-state index is 0.0167. The second kappa shape index (κ2) is 9.22. The Hall–Kier alpha value is -1.81. The molecule has 140 valence electrons. The number of rotatable bonds is 7. The van der Waals surface area contributed by atoms with E-state index in [1.807, 2.05) is 30.3 Å². The van der Waals surface area contributed by atoms with E-state index in [4.69, 9.17) is 4.74 Å². The monoisotopic (exact) mass is 417 g/mol. The number of hydrogen-bond acceptors (Lipinski definition) is 2. The number of anilines is 1. The molecule has 0 aromatic heterocycles. The molecule has 0 aliphatic rings. The number of benzene rings is 2. The molecule has 0 saturated heterocycles. The van der Waals surface area contributed by atoms with Crippen LogP contribution >= 0.6 is 15.9 Å². The molecule has 2 aromatic rings. The predicted octanol–water partition coefficient (Wildman–Crippen LogP) is 6.11. The summed E-state index contributed by atoms with van der Waals surface area (Å²) < 4.78 is 6.68. The summed E-state index contributed by atoms with van der Waals surface area (Å²) in [6.45, 7) is 8.56. The van der Waals surface area contributed by atoms with E-state index in [0.29, 0.717) is 0 Å². The van der Waals surface area contributed by atoms with Crippen LogP contribution in [0, 0.1) is 0 Å². The highest BCUT2D eigenvalue weighted by atomic mass is 79.9. The summed E-state index contributed by atoms with van der Waals surface area (Å²) in [6.07, 6.45) is 3.39. The largest absolute Gasteiger partial charge is 0.483 e. The van der Waals surface area contributed by atoms with Crippen molar-refractivity contribution < 1.29 is 9.53 Å². The van der Waals surface area contributed by atoms with Gasteiger partial charge in [-0.3, -0.25) is 4.79 Å². The number of para-hydroxylation sites is 1. The zero-order valence-corrected chi connectivity index (χ0v) is 17.7. The normalized spacial score (nSPS) is 11.3. The fourth-order valence-corrected chi connectivity index (χ4v) is 3.26. The van der Waals surface area contributed by atoms with Crippen LogP contribution in [-0.2, 0) is 16.6 Å². The molecule has 3 nitrogen and oxygen atoms in total. The van der Waals surface area contributed by atoms with Gasteiger partial charge in [0, 0.05) is 4.47 Å². The molecule has 0 aliphatic carbocycles. The molecule has 0 radical (unpaired) electrons. The van der Waals surface area contributed by atoms with E-state index in [9.17, 15) is 4.79 Å². The van der Waals surface area contributed by atoms with Crippen molar-refractivity contribution in [2.45, 2.75) is 52.4 Å². The molecular formula is C22H28BrNO2. The smallest absolute Gasteiger partial charge is 0.262 e. The first-order valence-electron chi connectivity index (χ1n) is 9.12. The van der Waals surface area contributed by atoms with Gasteiger partial charge in [0.05, 0.1) is 5.69 Å². The van der Waals surface area contributed by atoms with Gasteiger partial charge in [-0.2, -0.15) is 0 Å². The minimum Gasteiger partial charge on any atom is -0.483 e. The Morgan fingerprint density at radius 2 is 1.88 bits per heavy atom. The molecule has 0 atom stereocenters. The van der Waals surface area contributed by atoms with E-state index in [-0.39, 0.29) is 17.9 Å². The number of hydrogen-bond donors (Lipinski definition) is 1. The SMILES string of the molecule is CCCCc1ccc(NC(=O)COc2ccccc2C(C)(C)C)c(Br)c1. The number of halogens is 1. The highest BCUT2D eigenvalue weighted by Crippen LogP contribution is 2.31. The van der Waals surface area contributed by atoms with Crippen LogP contribution in [0.15, 0.2) is 46.9 Å². The van der Waals surface area contributed by atoms with Crippen LogP contribution in [0.1, 0.15) is 51.7 Å². The van der Waals surface area contributed by atoms with Crippen molar-refractivity contribution in [3.05, 3.63) is 58.1 Å². The van der Waals surface area contributed by atoms with E-state index < -0.39 is 0 Å². The van der Waals surface area contributed by atoms with Crippen molar-refractivity contribution in [1.82, 2.24) is 0 Å². The Bertz CT molecular complexity index is 750. The van der Waals surface area contributed by atoms with Crippen LogP contribution < -0.4 is 10.1 Å². The second-order valence-electron chi connectivity index (χ2n) is 7.50. The molecular weight excluding hydrogens is 390 g/mol. The molecule has 26 heavy (non-hydrogen) atoms. The first-order valence-corrected chi connectivity index (χ1v) is 9.91. The Labute approximate surface area is 165 Å². The second-order valence-corrected chi connectivity index (χ2v) is 8.36. The summed E-state index contributed by atoms with van der Waals surface area (Å²) in [6, 6.07) is 13.9. The lowest BCUT2D eigenvalue weighted by molar-refractivity contribution is -0.118. The number of carbonyl (C=O) groups excluding carboxylic acids is 1. The molecule has 2 rings (SSSR count). The lowest BCUT2D eigenvalue weighted by Crippen LogP contribution is -2.22. The summed E-state index contributed by atoms with van der Waals surface area (Å²) in [5.41, 5.74) is 3.09. The van der Waals surface area contributed by atoms with Gasteiger partial charge in [-0.05, 0) is 63.5 Å². The van der Waals surface area contributed by atoms with E-state index in [1.165, 1.54) is 18.4 Å². The quantitative estimate of drug-likeness (QED) is 0.590. The Morgan fingerprint density at radius 1 is 1.15 bits per heavy atom. The van der Waals surface area contributed by atoms with Gasteiger partial charge in [0.25, 0.3) is 5.91 Å². The molecule has 1 amide bonds. The molecule has 0 aliphatic heterocycles. The lowest BCUT2D eigenvalue weighted by atomic mass is 9.86. The van der Waals surface area contributed by atoms with Crippen LogP contribution in [0.25, 0.3) is 0 Å². The van der Waals surface area contributed by atoms with E-state index in [2.05, 4.69) is 61.1 Å². The number of ether oxygens (including phenoxy) is 1. The van der Waals surface area contributed by atoms with Crippen LogP contribution in [0.3, 0.4) is 0 Å². The third-order valence-electron chi connectivity index (χ3n) is 4.18. The van der Waals surface area contributed by atoms with E-state index in [0.717, 1.165) is 27.9 Å². The van der Waals surface area contributed by atoms with Crippen molar-refractivity contribution in [1.29, 1.82) is 0 Å². The van der Waals surface area contributed by atoms with Crippen LogP contribution in [0.2, 0.25) is 0 Å². The van der Waals surface area contributed by atoms with Crippen LogP contribution in [0.4, 0.5) is 5.69 Å². The Kier molecular flexibility index (Phi) is 7.27. The first kappa shape index (κ1) is 20.5. The maximum absolute atomic E-state index is 12.3. The summed E-state index contributed by atoms with van der Waals surface area (Å²) in [4.78, 5) is 12.3. The summed E-state index contributed by atoms with van der Waals surface area (Å²) in [5.74, 6) is 0.583. The van der Waals surface area contributed by atoms with Crippen molar-refractivity contribution >= 4 is 27.5 Å². The van der Waals surface area contributed by atoms with Crippen molar-refractivity contribution in [2.24, 2.45) is 0 Å². The van der Waals surface area contributed by atoms with Crippen molar-refractivity contribution in [2.75, 3.05) is 11.9 Å². The van der Waals surface area contributed by atoms with Gasteiger partial charge >= 0.3 is 0 Å². The molecule has 0 spiro atoms. The molecule has 0 heterocycles. The molecule has 1 N–H and O–H groups in total. The highest BCUT2D eigenvalue weighted by Gasteiger charge is 2.19. The zero-order valence-electron chi connectivity index (χ0n) is 16.1. The van der Waals surface area contributed by atoms with Gasteiger partial charge in [0.1, 0.15) is 5.75 Å². The zero-order chi connectivity index (χ0) is 19.2. The van der Waals surface area contributed by atoms with Gasteiger partial charge in [0.15, 0.2) is 6.61 Å². The van der Waals surface area contributed by atoms with Gasteiger partial charge in [-0.25, -0.2) is 0 Å². The lowest BCUT2D eigenvalue weighted by Gasteiger charge is -2.22. The maximum Gasteiger partial charge on any atom is 0.262 e. The molecule has 0 bridgehead atoms. The fourth-order valence-electron chi connectivity index (χ4n) is 2.74. The first-order chi connectivity index (χ1) is 12.3. The number of aryl methyl sites for hydroxylation is 1. The molecule has 0 saturated carbocycles. The highest BCUT2D eigenvalue weighted by molar-refractivity contribution is 9.10. The van der Waals surface area contributed by atoms with Crippen LogP contribution in [0.5, 0.6) is 5.75 Å². The molecule has 4 heteroatoms. The minimum atomic E-state index is -0.171. The number of amides is 1. The maximum atomic E-state index is 12.3. The summed E-state index contributed by atoms with van der Waals surface area (Å²) >= 11 is 3.55. The third-order valence-corrected chi connectivity index (χ3v) is 4.84. The number of nitrogens with one attached hydrogen (secondary N) is 1. The summed E-state index contributed by atoms with van der Waals surface area (Å²) in [7, 11) is 0. The van der Waals surface area contributed by atoms with Crippen LogP contribution in [-0.4, -0.2) is 12.5 Å². The van der Waals surface area contributed by atoms with Crippen molar-refractivity contribution in [3.8, 4) is 5.75 Å². The van der Waals surface area contributed by atoms with Gasteiger partial charge in [0.2, 0.25) is 0 Å². The summed E-state index contributed by atoms with van der Waals surface area (Å²) in [5, 5.41) is 2.91. The Morgan fingerprint density at radius 3 is 2.54 bits per heavy atom. The topological polar surface area (TPSA) is 38.3 Å². The van der Waals surface area contributed by atoms with Gasteiger partial charge in [-0.15, -0.1) is 0 Å². The van der Waals surface area contributed by atoms with Gasteiger partial charge in [-0.1, -0.05) is 58.4 Å². The third kappa shape index (κ3) is 5.87. The Balaban J connectivity index is 1.98. The van der Waals surface area contributed by atoms with Gasteiger partial charge < -0.3 is 10.1 Å². The standard InChI is InChI=1S/C22H28BrNO2/c1-5-6-9-16-12-13-19(18(23)14-16)24-21(25)15-26-20-11-8-7-10-17(20)22(2,3)4/h7-8,10-14H,5-6,9,15H2,1-4H3,(H,24,25). The average Bonchev–Trinajstić information content (AvgIpc) is 2.59. The van der Waals surface area contributed by atoms with E-state index >= 15 is 0 Å². The van der Waals surface area contributed by atoms with Crippen molar-refractivity contribution in [3.63, 3.8) is 0 Å². The number of unbranched alkanes of at least 4 members (excludes halogenated alkanes) is 1. The fraction of sp³-hybridized carbons (Fsp3) is 0.409. The predicted molar refractivity (Wildman–Crippen MR) is 112 cm³/mol. The number of carbonyl (C=O) groups is 1.